The number of likely N-dealkylation sites (tertiary alicyclic amines) is 1. The van der Waals surface area contributed by atoms with Crippen molar-refractivity contribution in [2.45, 2.75) is 38.6 Å². The molecule has 2 atom stereocenters. The minimum Gasteiger partial charge on any atom is -0.359 e. The first-order valence-electron chi connectivity index (χ1n) is 11.6. The van der Waals surface area contributed by atoms with Crippen molar-refractivity contribution in [1.29, 1.82) is 5.26 Å². The zero-order chi connectivity index (χ0) is 22.5. The number of hydrogen-bond donors (Lipinski definition) is 1. The number of rotatable bonds is 7. The molecule has 2 saturated heterocycles. The first-order valence-corrected chi connectivity index (χ1v) is 12.0. The Bertz CT molecular complexity index is 978. The molecule has 0 spiro atoms. The van der Waals surface area contributed by atoms with Crippen LogP contribution in [0.2, 0.25) is 5.02 Å². The van der Waals surface area contributed by atoms with E-state index in [1.165, 1.54) is 31.5 Å². The molecule has 2 heterocycles. The van der Waals surface area contributed by atoms with Crippen molar-refractivity contribution in [2.75, 3.05) is 37.6 Å². The summed E-state index contributed by atoms with van der Waals surface area (Å²) >= 11 is 6.58. The second-order valence-electron chi connectivity index (χ2n) is 9.04. The summed E-state index contributed by atoms with van der Waals surface area (Å²) in [6.07, 6.45) is 4.50. The van der Waals surface area contributed by atoms with Crippen LogP contribution in [0.5, 0.6) is 0 Å². The summed E-state index contributed by atoms with van der Waals surface area (Å²) in [5, 5.41) is 12.2. The normalized spacial score (nSPS) is 21.0. The van der Waals surface area contributed by atoms with E-state index >= 15 is 0 Å². The first kappa shape index (κ1) is 22.6. The van der Waals surface area contributed by atoms with Crippen molar-refractivity contribution in [2.24, 2.45) is 5.92 Å². The van der Waals surface area contributed by atoms with Gasteiger partial charge in [-0.1, -0.05) is 42.8 Å². The highest BCUT2D eigenvalue weighted by Crippen LogP contribution is 2.36. The van der Waals surface area contributed by atoms with Gasteiger partial charge in [0.2, 0.25) is 5.91 Å². The van der Waals surface area contributed by atoms with Crippen molar-refractivity contribution < 1.29 is 4.79 Å². The molecule has 2 fully saturated rings. The van der Waals surface area contributed by atoms with Gasteiger partial charge in [0.15, 0.2) is 0 Å². The van der Waals surface area contributed by atoms with Crippen molar-refractivity contribution in [3.8, 4) is 17.2 Å². The van der Waals surface area contributed by atoms with Gasteiger partial charge in [0, 0.05) is 29.4 Å². The van der Waals surface area contributed by atoms with Gasteiger partial charge >= 0.3 is 0 Å². The average molecular weight is 451 g/mol. The molecule has 1 N–H and O–H groups in total. The van der Waals surface area contributed by atoms with Gasteiger partial charge in [0.05, 0.1) is 6.07 Å². The summed E-state index contributed by atoms with van der Waals surface area (Å²) in [7, 11) is 0. The standard InChI is InChI=1S/C26H31ClN4O/c1-19-16-25(26(32)29-12-11-28)31(18-19)22-8-9-24(27)23(17-22)21-6-4-20(5-7-21)10-15-30-13-2-3-14-30/h4-9,17,19,25H,2-3,10,12-16,18H2,1H3,(H,29,32)/t19-,25-/m0/s1. The molecule has 168 valence electrons. The minimum absolute atomic E-state index is 0.0352. The van der Waals surface area contributed by atoms with Gasteiger partial charge in [-0.15, -0.1) is 0 Å². The van der Waals surface area contributed by atoms with E-state index in [4.69, 9.17) is 16.9 Å². The van der Waals surface area contributed by atoms with E-state index in [0.29, 0.717) is 10.9 Å². The molecule has 6 heteroatoms. The van der Waals surface area contributed by atoms with Gasteiger partial charge in [0.1, 0.15) is 12.6 Å². The van der Waals surface area contributed by atoms with Gasteiger partial charge in [-0.2, -0.15) is 5.26 Å². The molecule has 2 aliphatic rings. The zero-order valence-corrected chi connectivity index (χ0v) is 19.4. The van der Waals surface area contributed by atoms with Gasteiger partial charge in [-0.3, -0.25) is 4.79 Å². The first-order chi connectivity index (χ1) is 15.5. The van der Waals surface area contributed by atoms with Gasteiger partial charge in [-0.25, -0.2) is 0 Å². The molecule has 0 aromatic heterocycles. The lowest BCUT2D eigenvalue weighted by atomic mass is 10.0. The molecule has 2 aromatic carbocycles. The van der Waals surface area contributed by atoms with Gasteiger partial charge in [-0.05, 0) is 74.0 Å². The smallest absolute Gasteiger partial charge is 0.243 e. The third-order valence-corrected chi connectivity index (χ3v) is 6.95. The van der Waals surface area contributed by atoms with Crippen LogP contribution in [0.15, 0.2) is 42.5 Å². The largest absolute Gasteiger partial charge is 0.359 e. The molecular formula is C26H31ClN4O. The highest BCUT2D eigenvalue weighted by molar-refractivity contribution is 6.33. The number of anilines is 1. The predicted molar refractivity (Wildman–Crippen MR) is 130 cm³/mol. The van der Waals surface area contributed by atoms with Crippen LogP contribution in [0.4, 0.5) is 5.69 Å². The predicted octanol–water partition coefficient (Wildman–Crippen LogP) is 4.50. The Morgan fingerprint density at radius 2 is 1.94 bits per heavy atom. The fourth-order valence-corrected chi connectivity index (χ4v) is 5.11. The Morgan fingerprint density at radius 3 is 2.66 bits per heavy atom. The highest BCUT2D eigenvalue weighted by Gasteiger charge is 2.35. The topological polar surface area (TPSA) is 59.4 Å². The number of nitrogens with zero attached hydrogens (tertiary/aromatic N) is 3. The van der Waals surface area contributed by atoms with E-state index in [1.807, 2.05) is 18.2 Å². The van der Waals surface area contributed by atoms with Gasteiger partial charge in [0.25, 0.3) is 0 Å². The summed E-state index contributed by atoms with van der Waals surface area (Å²) in [5.74, 6) is 0.316. The van der Waals surface area contributed by atoms with Crippen molar-refractivity contribution >= 4 is 23.2 Å². The fourth-order valence-electron chi connectivity index (χ4n) is 4.88. The number of amides is 1. The lowest BCUT2D eigenvalue weighted by Crippen LogP contribution is -2.43. The van der Waals surface area contributed by atoms with Crippen LogP contribution >= 0.6 is 11.6 Å². The fraction of sp³-hybridized carbons (Fsp3) is 0.462. The molecule has 32 heavy (non-hydrogen) atoms. The summed E-state index contributed by atoms with van der Waals surface area (Å²) in [6.45, 7) is 6.57. The molecule has 2 aliphatic heterocycles. The van der Waals surface area contributed by atoms with E-state index in [1.54, 1.807) is 0 Å². The quantitative estimate of drug-likeness (QED) is 0.631. The Morgan fingerprint density at radius 1 is 1.19 bits per heavy atom. The van der Waals surface area contributed by atoms with Crippen LogP contribution in [0.1, 0.15) is 31.7 Å². The lowest BCUT2D eigenvalue weighted by molar-refractivity contribution is -0.122. The molecule has 0 saturated carbocycles. The number of carbonyl (C=O) groups excluding carboxylic acids is 1. The van der Waals surface area contributed by atoms with E-state index in [9.17, 15) is 4.79 Å². The lowest BCUT2D eigenvalue weighted by Gasteiger charge is -2.26. The molecule has 5 nitrogen and oxygen atoms in total. The van der Waals surface area contributed by atoms with Crippen LogP contribution in [-0.2, 0) is 11.2 Å². The number of carbonyl (C=O) groups is 1. The molecule has 2 aromatic rings. The highest BCUT2D eigenvalue weighted by atomic mass is 35.5. The molecule has 0 radical (unpaired) electrons. The molecule has 4 rings (SSSR count). The average Bonchev–Trinajstić information content (AvgIpc) is 3.46. The van der Waals surface area contributed by atoms with Crippen molar-refractivity contribution in [3.05, 3.63) is 53.1 Å². The molecule has 0 unspecified atom stereocenters. The number of halogens is 1. The van der Waals surface area contributed by atoms with E-state index < -0.39 is 0 Å². The Labute approximate surface area is 196 Å². The number of nitriles is 1. The molecule has 1 amide bonds. The number of hydrogen-bond acceptors (Lipinski definition) is 4. The van der Waals surface area contributed by atoms with Crippen LogP contribution < -0.4 is 10.2 Å². The Balaban J connectivity index is 1.50. The number of benzene rings is 2. The summed E-state index contributed by atoms with van der Waals surface area (Å²) in [5.41, 5.74) is 4.39. The van der Waals surface area contributed by atoms with Crippen molar-refractivity contribution in [1.82, 2.24) is 10.2 Å². The van der Waals surface area contributed by atoms with E-state index in [2.05, 4.69) is 52.4 Å². The molecule has 0 bridgehead atoms. The zero-order valence-electron chi connectivity index (χ0n) is 18.7. The minimum atomic E-state index is -0.264. The third-order valence-electron chi connectivity index (χ3n) is 6.62. The van der Waals surface area contributed by atoms with E-state index in [0.717, 1.165) is 42.7 Å². The third kappa shape index (κ3) is 5.26. The summed E-state index contributed by atoms with van der Waals surface area (Å²) in [6, 6.07) is 16.4. The molecular weight excluding hydrogens is 420 g/mol. The monoisotopic (exact) mass is 450 g/mol. The maximum atomic E-state index is 12.6. The van der Waals surface area contributed by atoms with Crippen LogP contribution in [0, 0.1) is 17.2 Å². The summed E-state index contributed by atoms with van der Waals surface area (Å²) in [4.78, 5) is 17.3. The Kier molecular flexibility index (Phi) is 7.34. The SMILES string of the molecule is C[C@H]1C[C@@H](C(=O)NCC#N)N(c2ccc(Cl)c(-c3ccc(CCN4CCCC4)cc3)c2)C1. The van der Waals surface area contributed by atoms with Gasteiger partial charge < -0.3 is 15.1 Å². The molecule has 0 aliphatic carbocycles. The van der Waals surface area contributed by atoms with Crippen LogP contribution in [-0.4, -0.2) is 49.6 Å². The second-order valence-corrected chi connectivity index (χ2v) is 9.45. The Hall–Kier alpha value is -2.55. The van der Waals surface area contributed by atoms with Crippen LogP contribution in [0.3, 0.4) is 0 Å². The van der Waals surface area contributed by atoms with Crippen LogP contribution in [0.25, 0.3) is 11.1 Å². The maximum Gasteiger partial charge on any atom is 0.243 e. The second kappa shape index (κ2) is 10.4. The summed E-state index contributed by atoms with van der Waals surface area (Å²) < 4.78 is 0. The van der Waals surface area contributed by atoms with Crippen molar-refractivity contribution in [3.63, 3.8) is 0 Å². The number of nitrogens with one attached hydrogen (secondary N) is 1. The van der Waals surface area contributed by atoms with E-state index in [-0.39, 0.29) is 18.5 Å². The maximum absolute atomic E-state index is 12.6.